The van der Waals surface area contributed by atoms with Crippen LogP contribution in [0.25, 0.3) is 0 Å². The minimum absolute atomic E-state index is 0.00528. The second-order valence-corrected chi connectivity index (χ2v) is 4.79. The molecule has 2 rings (SSSR count). The van der Waals surface area contributed by atoms with Crippen LogP contribution in [0.5, 0.6) is 0 Å². The second kappa shape index (κ2) is 4.35. The van der Waals surface area contributed by atoms with Crippen molar-refractivity contribution in [3.8, 4) is 0 Å². The largest absolute Gasteiger partial charge is 0.367 e. The summed E-state index contributed by atoms with van der Waals surface area (Å²) in [6, 6.07) is 5.19. The zero-order valence-corrected chi connectivity index (χ0v) is 10.4. The van der Waals surface area contributed by atoms with E-state index in [-0.39, 0.29) is 17.6 Å². The monoisotopic (exact) mass is 236 g/mol. The number of hydrogen-bond acceptors (Lipinski definition) is 2. The van der Waals surface area contributed by atoms with Gasteiger partial charge >= 0.3 is 0 Å². The Morgan fingerprint density at radius 3 is 2.59 bits per heavy atom. The highest BCUT2D eigenvalue weighted by molar-refractivity contribution is 5.81. The lowest BCUT2D eigenvalue weighted by Gasteiger charge is -2.41. The van der Waals surface area contributed by atoms with E-state index < -0.39 is 0 Å². The van der Waals surface area contributed by atoms with Crippen LogP contribution in [0.15, 0.2) is 18.2 Å². The normalized spacial score (nSPS) is 15.6. The number of rotatable bonds is 2. The molecule has 1 aromatic carbocycles. The third-order valence-electron chi connectivity index (χ3n) is 3.12. The van der Waals surface area contributed by atoms with Crippen molar-refractivity contribution in [2.45, 2.75) is 6.92 Å². The first kappa shape index (κ1) is 11.9. The number of nitrogens with zero attached hydrogens (tertiary/aromatic N) is 2. The summed E-state index contributed by atoms with van der Waals surface area (Å²) >= 11 is 0. The van der Waals surface area contributed by atoms with E-state index in [4.69, 9.17) is 0 Å². The molecule has 92 valence electrons. The van der Waals surface area contributed by atoms with Gasteiger partial charge in [0.1, 0.15) is 5.82 Å². The van der Waals surface area contributed by atoms with Gasteiger partial charge in [-0.2, -0.15) is 0 Å². The Balaban J connectivity index is 2.02. The van der Waals surface area contributed by atoms with Crippen LogP contribution < -0.4 is 4.90 Å². The number of halogens is 1. The highest BCUT2D eigenvalue weighted by Gasteiger charge is 2.34. The van der Waals surface area contributed by atoms with Gasteiger partial charge in [0.15, 0.2) is 0 Å². The van der Waals surface area contributed by atoms with Crippen LogP contribution in [-0.4, -0.2) is 38.0 Å². The van der Waals surface area contributed by atoms with Gasteiger partial charge in [0, 0.05) is 27.2 Å². The van der Waals surface area contributed by atoms with Gasteiger partial charge in [-0.05, 0) is 24.6 Å². The SMILES string of the molecule is Cc1ccc(N2CC(C(=O)N(C)C)C2)c(F)c1. The van der Waals surface area contributed by atoms with Crippen LogP contribution in [0.4, 0.5) is 10.1 Å². The molecule has 1 aliphatic rings. The Hall–Kier alpha value is -1.58. The highest BCUT2D eigenvalue weighted by atomic mass is 19.1. The van der Waals surface area contributed by atoms with Crippen molar-refractivity contribution in [2.24, 2.45) is 5.92 Å². The minimum Gasteiger partial charge on any atom is -0.367 e. The Morgan fingerprint density at radius 1 is 1.41 bits per heavy atom. The van der Waals surface area contributed by atoms with Gasteiger partial charge in [0.2, 0.25) is 5.91 Å². The molecule has 0 bridgehead atoms. The van der Waals surface area contributed by atoms with E-state index in [9.17, 15) is 9.18 Å². The molecule has 0 radical (unpaired) electrons. The van der Waals surface area contributed by atoms with Crippen molar-refractivity contribution in [3.63, 3.8) is 0 Å². The maximum atomic E-state index is 13.7. The lowest BCUT2D eigenvalue weighted by Crippen LogP contribution is -2.53. The zero-order valence-electron chi connectivity index (χ0n) is 10.4. The molecule has 1 aromatic rings. The van der Waals surface area contributed by atoms with E-state index in [1.807, 2.05) is 17.9 Å². The quantitative estimate of drug-likeness (QED) is 0.779. The summed E-state index contributed by atoms with van der Waals surface area (Å²) < 4.78 is 13.7. The summed E-state index contributed by atoms with van der Waals surface area (Å²) in [5.41, 5.74) is 1.51. The first-order valence-corrected chi connectivity index (χ1v) is 5.71. The van der Waals surface area contributed by atoms with Gasteiger partial charge < -0.3 is 9.80 Å². The predicted octanol–water partition coefficient (Wildman–Crippen LogP) is 1.66. The predicted molar refractivity (Wildman–Crippen MR) is 65.5 cm³/mol. The molecule has 1 amide bonds. The van der Waals surface area contributed by atoms with Crippen LogP contribution in [0, 0.1) is 18.7 Å². The summed E-state index contributed by atoms with van der Waals surface area (Å²) in [4.78, 5) is 15.1. The molecular formula is C13H17FN2O. The maximum Gasteiger partial charge on any atom is 0.228 e. The molecule has 1 fully saturated rings. The summed E-state index contributed by atoms with van der Waals surface area (Å²) in [5, 5.41) is 0. The molecule has 1 heterocycles. The number of carbonyl (C=O) groups is 1. The third kappa shape index (κ3) is 2.25. The Labute approximate surface area is 101 Å². The topological polar surface area (TPSA) is 23.6 Å². The van der Waals surface area contributed by atoms with Gasteiger partial charge in [-0.25, -0.2) is 4.39 Å². The van der Waals surface area contributed by atoms with E-state index in [2.05, 4.69) is 0 Å². The average molecular weight is 236 g/mol. The number of hydrogen-bond donors (Lipinski definition) is 0. The van der Waals surface area contributed by atoms with Crippen LogP contribution in [0.2, 0.25) is 0 Å². The number of anilines is 1. The van der Waals surface area contributed by atoms with Gasteiger partial charge in [0.25, 0.3) is 0 Å². The van der Waals surface area contributed by atoms with Crippen LogP contribution >= 0.6 is 0 Å². The molecule has 1 saturated heterocycles. The molecular weight excluding hydrogens is 219 g/mol. The Kier molecular flexibility index (Phi) is 3.05. The van der Waals surface area contributed by atoms with E-state index in [0.717, 1.165) is 5.56 Å². The fourth-order valence-electron chi connectivity index (χ4n) is 2.07. The van der Waals surface area contributed by atoms with Crippen molar-refractivity contribution in [2.75, 3.05) is 32.1 Å². The summed E-state index contributed by atoms with van der Waals surface area (Å²) in [6.07, 6.45) is 0. The fourth-order valence-corrected chi connectivity index (χ4v) is 2.07. The summed E-state index contributed by atoms with van der Waals surface area (Å²) in [5.74, 6) is -0.0831. The van der Waals surface area contributed by atoms with E-state index >= 15 is 0 Å². The standard InChI is InChI=1S/C13H17FN2O/c1-9-4-5-12(11(14)6-9)16-7-10(8-16)13(17)15(2)3/h4-6,10H,7-8H2,1-3H3. The lowest BCUT2D eigenvalue weighted by molar-refractivity contribution is -0.133. The first-order chi connectivity index (χ1) is 7.99. The van der Waals surface area contributed by atoms with Gasteiger partial charge in [-0.15, -0.1) is 0 Å². The van der Waals surface area contributed by atoms with E-state index in [1.165, 1.54) is 6.07 Å². The van der Waals surface area contributed by atoms with E-state index in [0.29, 0.717) is 18.8 Å². The molecule has 3 nitrogen and oxygen atoms in total. The van der Waals surface area contributed by atoms with Crippen molar-refractivity contribution in [1.82, 2.24) is 4.90 Å². The molecule has 0 N–H and O–H groups in total. The average Bonchev–Trinajstić information content (AvgIpc) is 2.18. The lowest BCUT2D eigenvalue weighted by atomic mass is 9.97. The van der Waals surface area contributed by atoms with Crippen molar-refractivity contribution in [3.05, 3.63) is 29.6 Å². The summed E-state index contributed by atoms with van der Waals surface area (Å²) in [7, 11) is 3.49. The number of aryl methyl sites for hydroxylation is 1. The van der Waals surface area contributed by atoms with Gasteiger partial charge in [-0.1, -0.05) is 6.07 Å². The molecule has 0 atom stereocenters. The zero-order chi connectivity index (χ0) is 12.6. The first-order valence-electron chi connectivity index (χ1n) is 5.71. The maximum absolute atomic E-state index is 13.7. The van der Waals surface area contributed by atoms with Gasteiger partial charge in [0.05, 0.1) is 11.6 Å². The minimum atomic E-state index is -0.208. The third-order valence-corrected chi connectivity index (χ3v) is 3.12. The molecule has 1 aliphatic heterocycles. The molecule has 17 heavy (non-hydrogen) atoms. The highest BCUT2D eigenvalue weighted by Crippen LogP contribution is 2.28. The van der Waals surface area contributed by atoms with Crippen LogP contribution in [0.1, 0.15) is 5.56 Å². The second-order valence-electron chi connectivity index (χ2n) is 4.79. The van der Waals surface area contributed by atoms with Gasteiger partial charge in [-0.3, -0.25) is 4.79 Å². The fraction of sp³-hybridized carbons (Fsp3) is 0.462. The smallest absolute Gasteiger partial charge is 0.228 e. The molecule has 0 unspecified atom stereocenters. The van der Waals surface area contributed by atoms with Crippen LogP contribution in [0.3, 0.4) is 0 Å². The van der Waals surface area contributed by atoms with Crippen molar-refractivity contribution in [1.29, 1.82) is 0 Å². The van der Waals surface area contributed by atoms with E-state index in [1.54, 1.807) is 25.1 Å². The molecule has 0 aromatic heterocycles. The Morgan fingerprint density at radius 2 is 2.06 bits per heavy atom. The number of carbonyl (C=O) groups excluding carboxylic acids is 1. The molecule has 0 spiro atoms. The Bertz CT molecular complexity index is 439. The summed E-state index contributed by atoms with van der Waals surface area (Å²) in [6.45, 7) is 3.08. The molecule has 0 aliphatic carbocycles. The molecule has 0 saturated carbocycles. The van der Waals surface area contributed by atoms with Crippen LogP contribution in [-0.2, 0) is 4.79 Å². The number of benzene rings is 1. The number of amides is 1. The molecule has 4 heteroatoms. The van der Waals surface area contributed by atoms with Crippen molar-refractivity contribution < 1.29 is 9.18 Å². The van der Waals surface area contributed by atoms with Crippen molar-refractivity contribution >= 4 is 11.6 Å².